The van der Waals surface area contributed by atoms with Gasteiger partial charge in [0, 0.05) is 11.0 Å². The summed E-state index contributed by atoms with van der Waals surface area (Å²) in [5, 5.41) is 10.8. The molecule has 2 N–H and O–H groups in total. The molecule has 5 nitrogen and oxygen atoms in total. The Balaban J connectivity index is 2.15. The van der Waals surface area contributed by atoms with Crippen LogP contribution in [-0.2, 0) is 9.53 Å². The van der Waals surface area contributed by atoms with Gasteiger partial charge in [0.05, 0.1) is 4.08 Å². The molecule has 7 heteroatoms. The van der Waals surface area contributed by atoms with Gasteiger partial charge >= 0.3 is 12.1 Å². The highest BCUT2D eigenvalue weighted by Gasteiger charge is 2.33. The summed E-state index contributed by atoms with van der Waals surface area (Å²) >= 11 is 3.61. The van der Waals surface area contributed by atoms with Crippen molar-refractivity contribution >= 4 is 35.6 Å². The van der Waals surface area contributed by atoms with Gasteiger partial charge in [0.2, 0.25) is 0 Å². The van der Waals surface area contributed by atoms with E-state index in [1.165, 1.54) is 0 Å². The van der Waals surface area contributed by atoms with Gasteiger partial charge in [-0.05, 0) is 13.8 Å². The molecule has 0 aromatic rings. The largest absolute Gasteiger partial charge is 0.480 e. The minimum absolute atomic E-state index is 0.172. The van der Waals surface area contributed by atoms with Gasteiger partial charge in [-0.1, -0.05) is 0 Å². The highest BCUT2D eigenvalue weighted by Crippen LogP contribution is 2.47. The zero-order chi connectivity index (χ0) is 12.2. The first kappa shape index (κ1) is 13.5. The number of ether oxygens (including phenoxy) is 1. The maximum atomic E-state index is 11.1. The fourth-order valence-electron chi connectivity index (χ4n) is 1.21. The fraction of sp³-hybridized carbons (Fsp3) is 0.778. The third kappa shape index (κ3) is 4.98. The molecular weight excluding hydrogens is 250 g/mol. The number of alkyl carbamates (subject to hydrolysis) is 1. The van der Waals surface area contributed by atoms with Crippen LogP contribution in [0.4, 0.5) is 4.79 Å². The Bertz CT molecular complexity index is 283. The zero-order valence-corrected chi connectivity index (χ0v) is 10.8. The first-order chi connectivity index (χ1) is 7.39. The van der Waals surface area contributed by atoms with Gasteiger partial charge < -0.3 is 15.2 Å². The normalized spacial score (nSPS) is 22.8. The summed E-state index contributed by atoms with van der Waals surface area (Å²) in [5.41, 5.74) is 0. The molecule has 1 fully saturated rings. The smallest absolute Gasteiger partial charge is 0.407 e. The number of thioether (sulfide) groups is 2. The first-order valence-electron chi connectivity index (χ1n) is 4.83. The van der Waals surface area contributed by atoms with Crippen LogP contribution in [0.25, 0.3) is 0 Å². The van der Waals surface area contributed by atoms with Crippen LogP contribution in [-0.4, -0.2) is 45.4 Å². The molecule has 0 spiro atoms. The molecule has 16 heavy (non-hydrogen) atoms. The molecule has 0 aromatic carbocycles. The Hall–Kier alpha value is -0.560. The molecule has 0 aromatic heterocycles. The third-order valence-corrected chi connectivity index (χ3v) is 5.17. The molecule has 1 saturated heterocycles. The zero-order valence-electron chi connectivity index (χ0n) is 9.19. The summed E-state index contributed by atoms with van der Waals surface area (Å²) in [6, 6.07) is 0. The first-order valence-corrected chi connectivity index (χ1v) is 6.70. The number of nitrogens with one attached hydrogen (secondary N) is 1. The Morgan fingerprint density at radius 3 is 2.75 bits per heavy atom. The van der Waals surface area contributed by atoms with Gasteiger partial charge in [-0.15, -0.1) is 23.5 Å². The standard InChI is InChI=1S/C9H15NO4S2/c1-9(2)15-5-6(16-9)4-14-8(13)10-3-7(11)12/h6H,3-5H2,1-2H3,(H,10,13)(H,11,12)/t6-/m1/s1. The summed E-state index contributed by atoms with van der Waals surface area (Å²) in [5.74, 6) is -0.131. The molecule has 1 rings (SSSR count). The van der Waals surface area contributed by atoms with Crippen molar-refractivity contribution in [2.75, 3.05) is 18.9 Å². The molecule has 0 aliphatic carbocycles. The topological polar surface area (TPSA) is 75.6 Å². The molecule has 1 atom stereocenters. The van der Waals surface area contributed by atoms with Crippen molar-refractivity contribution in [3.05, 3.63) is 0 Å². The van der Waals surface area contributed by atoms with Crippen molar-refractivity contribution < 1.29 is 19.4 Å². The van der Waals surface area contributed by atoms with E-state index in [-0.39, 0.29) is 9.33 Å². The van der Waals surface area contributed by atoms with Crippen LogP contribution in [0.2, 0.25) is 0 Å². The lowest BCUT2D eigenvalue weighted by molar-refractivity contribution is -0.135. The summed E-state index contributed by atoms with van der Waals surface area (Å²) < 4.78 is 5.09. The molecule has 0 bridgehead atoms. The average Bonchev–Trinajstić information content (AvgIpc) is 2.52. The van der Waals surface area contributed by atoms with E-state index in [0.717, 1.165) is 5.75 Å². The maximum absolute atomic E-state index is 11.1. The number of hydrogen-bond donors (Lipinski definition) is 2. The minimum atomic E-state index is -1.08. The van der Waals surface area contributed by atoms with E-state index in [1.807, 2.05) is 11.8 Å². The molecule has 1 heterocycles. The third-order valence-electron chi connectivity index (χ3n) is 1.85. The average molecular weight is 265 g/mol. The van der Waals surface area contributed by atoms with Crippen LogP contribution in [0.5, 0.6) is 0 Å². The van der Waals surface area contributed by atoms with Crippen LogP contribution in [0, 0.1) is 0 Å². The van der Waals surface area contributed by atoms with Crippen molar-refractivity contribution in [1.82, 2.24) is 5.32 Å². The number of rotatable bonds is 4. The lowest BCUT2D eigenvalue weighted by atomic mass is 10.5. The van der Waals surface area contributed by atoms with Crippen molar-refractivity contribution in [1.29, 1.82) is 0 Å². The van der Waals surface area contributed by atoms with Crippen molar-refractivity contribution in [3.8, 4) is 0 Å². The van der Waals surface area contributed by atoms with E-state index >= 15 is 0 Å². The number of aliphatic carboxylic acids is 1. The second-order valence-electron chi connectivity index (χ2n) is 3.80. The number of carboxylic acids is 1. The van der Waals surface area contributed by atoms with E-state index in [9.17, 15) is 9.59 Å². The van der Waals surface area contributed by atoms with Crippen LogP contribution < -0.4 is 5.32 Å². The van der Waals surface area contributed by atoms with Crippen molar-refractivity contribution in [2.24, 2.45) is 0 Å². The molecule has 1 amide bonds. The fourth-order valence-corrected chi connectivity index (χ4v) is 4.20. The maximum Gasteiger partial charge on any atom is 0.407 e. The molecule has 1 aliphatic rings. The Morgan fingerprint density at radius 1 is 1.56 bits per heavy atom. The van der Waals surface area contributed by atoms with Crippen LogP contribution in [0.3, 0.4) is 0 Å². The molecular formula is C9H15NO4S2. The summed E-state index contributed by atoms with van der Waals surface area (Å²) in [7, 11) is 0. The summed E-state index contributed by atoms with van der Waals surface area (Å²) in [6.45, 7) is 4.18. The number of carbonyl (C=O) groups excluding carboxylic acids is 1. The Labute approximate surface area is 103 Å². The van der Waals surface area contributed by atoms with Crippen molar-refractivity contribution in [2.45, 2.75) is 23.2 Å². The molecule has 0 radical (unpaired) electrons. The van der Waals surface area contributed by atoms with Gasteiger partial charge in [-0.3, -0.25) is 4.79 Å². The van der Waals surface area contributed by atoms with E-state index in [0.29, 0.717) is 6.61 Å². The molecule has 0 saturated carbocycles. The lowest BCUT2D eigenvalue weighted by Gasteiger charge is -2.15. The van der Waals surface area contributed by atoms with E-state index in [1.54, 1.807) is 11.8 Å². The monoisotopic (exact) mass is 265 g/mol. The lowest BCUT2D eigenvalue weighted by Crippen LogP contribution is -2.31. The van der Waals surface area contributed by atoms with Gasteiger partial charge in [0.1, 0.15) is 13.2 Å². The highest BCUT2D eigenvalue weighted by atomic mass is 32.2. The predicted octanol–water partition coefficient (Wildman–Crippen LogP) is 1.38. The van der Waals surface area contributed by atoms with Gasteiger partial charge in [0.15, 0.2) is 0 Å². The SMILES string of the molecule is CC1(C)SC[C@@H](COC(=O)NCC(=O)O)S1. The van der Waals surface area contributed by atoms with Gasteiger partial charge in [-0.25, -0.2) is 4.79 Å². The van der Waals surface area contributed by atoms with Crippen LogP contribution in [0.1, 0.15) is 13.8 Å². The Kier molecular flexibility index (Phi) is 4.79. The number of hydrogen-bond acceptors (Lipinski definition) is 5. The number of carboxylic acid groups (broad SMARTS) is 1. The van der Waals surface area contributed by atoms with Gasteiger partial charge in [-0.2, -0.15) is 0 Å². The van der Waals surface area contributed by atoms with E-state index < -0.39 is 18.6 Å². The summed E-state index contributed by atoms with van der Waals surface area (Å²) in [6.07, 6.45) is -0.669. The van der Waals surface area contributed by atoms with E-state index in [2.05, 4.69) is 19.2 Å². The number of amides is 1. The van der Waals surface area contributed by atoms with Crippen LogP contribution in [0.15, 0.2) is 0 Å². The minimum Gasteiger partial charge on any atom is -0.480 e. The van der Waals surface area contributed by atoms with Gasteiger partial charge in [0.25, 0.3) is 0 Å². The highest BCUT2D eigenvalue weighted by molar-refractivity contribution is 8.21. The molecule has 0 unspecified atom stereocenters. The second kappa shape index (κ2) is 5.67. The predicted molar refractivity (Wildman–Crippen MR) is 64.9 cm³/mol. The number of carbonyl (C=O) groups is 2. The van der Waals surface area contributed by atoms with Crippen LogP contribution >= 0.6 is 23.5 Å². The summed E-state index contributed by atoms with van der Waals surface area (Å²) in [4.78, 5) is 21.2. The quantitative estimate of drug-likeness (QED) is 0.800. The van der Waals surface area contributed by atoms with E-state index in [4.69, 9.17) is 9.84 Å². The molecule has 92 valence electrons. The molecule has 1 aliphatic heterocycles. The second-order valence-corrected chi connectivity index (χ2v) is 7.62. The van der Waals surface area contributed by atoms with Crippen molar-refractivity contribution in [3.63, 3.8) is 0 Å². The Morgan fingerprint density at radius 2 is 2.25 bits per heavy atom.